The van der Waals surface area contributed by atoms with Gasteiger partial charge >= 0.3 is 5.97 Å². The second kappa shape index (κ2) is 5.99. The van der Waals surface area contributed by atoms with Gasteiger partial charge in [-0.1, -0.05) is 59.8 Å². The standard InChI is InChI=1S/C22H19NO3/c1-22(2,3)25-21(24)17-13-18-19(16-12-8-7-11-15(16)17)23-26-20(18)14-9-5-4-6-10-14/h4-13H,1-3H3. The van der Waals surface area contributed by atoms with Crippen LogP contribution in [0.15, 0.2) is 65.2 Å². The van der Waals surface area contributed by atoms with Crippen molar-refractivity contribution in [3.8, 4) is 11.3 Å². The molecule has 0 amide bonds. The Morgan fingerprint density at radius 1 is 0.923 bits per heavy atom. The number of esters is 1. The van der Waals surface area contributed by atoms with Crippen LogP contribution in [0.1, 0.15) is 31.1 Å². The van der Waals surface area contributed by atoms with Crippen LogP contribution in [0, 0.1) is 0 Å². The smallest absolute Gasteiger partial charge is 0.339 e. The molecule has 0 saturated carbocycles. The molecule has 4 aromatic rings. The van der Waals surface area contributed by atoms with Crippen molar-refractivity contribution in [3.05, 3.63) is 66.2 Å². The average Bonchev–Trinajstić information content (AvgIpc) is 3.04. The minimum Gasteiger partial charge on any atom is -0.456 e. The predicted octanol–water partition coefficient (Wildman–Crippen LogP) is 5.60. The first-order chi connectivity index (χ1) is 12.4. The molecule has 1 heterocycles. The molecule has 3 aromatic carbocycles. The molecule has 1 aromatic heterocycles. The maximum atomic E-state index is 12.8. The van der Waals surface area contributed by atoms with Crippen molar-refractivity contribution in [3.63, 3.8) is 0 Å². The van der Waals surface area contributed by atoms with Crippen LogP contribution in [-0.4, -0.2) is 16.7 Å². The molecule has 0 aliphatic carbocycles. The van der Waals surface area contributed by atoms with Crippen LogP contribution < -0.4 is 0 Å². The topological polar surface area (TPSA) is 52.3 Å². The second-order valence-electron chi connectivity index (χ2n) is 7.25. The van der Waals surface area contributed by atoms with Crippen molar-refractivity contribution >= 4 is 27.6 Å². The van der Waals surface area contributed by atoms with Crippen LogP contribution >= 0.6 is 0 Å². The van der Waals surface area contributed by atoms with E-state index in [1.165, 1.54) is 0 Å². The first-order valence-corrected chi connectivity index (χ1v) is 8.54. The molecule has 0 spiro atoms. The minimum absolute atomic E-state index is 0.351. The minimum atomic E-state index is -0.565. The lowest BCUT2D eigenvalue weighted by molar-refractivity contribution is 0.00720. The fourth-order valence-electron chi connectivity index (χ4n) is 3.07. The van der Waals surface area contributed by atoms with Crippen LogP contribution in [0.5, 0.6) is 0 Å². The summed E-state index contributed by atoms with van der Waals surface area (Å²) in [6.45, 7) is 5.58. The number of carbonyl (C=O) groups is 1. The highest BCUT2D eigenvalue weighted by molar-refractivity contribution is 6.16. The van der Waals surface area contributed by atoms with E-state index in [1.807, 2.05) is 81.4 Å². The molecule has 0 unspecified atom stereocenters. The molecule has 26 heavy (non-hydrogen) atoms. The Morgan fingerprint density at radius 3 is 2.27 bits per heavy atom. The largest absolute Gasteiger partial charge is 0.456 e. The molecule has 0 aliphatic rings. The number of carbonyl (C=O) groups excluding carboxylic acids is 1. The molecule has 0 fully saturated rings. The number of benzene rings is 3. The van der Waals surface area contributed by atoms with E-state index in [0.29, 0.717) is 11.3 Å². The first kappa shape index (κ1) is 16.3. The lowest BCUT2D eigenvalue weighted by Gasteiger charge is -2.20. The van der Waals surface area contributed by atoms with Crippen LogP contribution in [0.3, 0.4) is 0 Å². The summed E-state index contributed by atoms with van der Waals surface area (Å²) >= 11 is 0. The SMILES string of the molecule is CC(C)(C)OC(=O)c1cc2c(-c3ccccc3)onc2c2ccccc12. The number of nitrogens with zero attached hydrogens (tertiary/aromatic N) is 1. The van der Waals surface area contributed by atoms with Gasteiger partial charge in [-0.15, -0.1) is 0 Å². The van der Waals surface area contributed by atoms with Gasteiger partial charge in [-0.05, 0) is 32.2 Å². The number of fused-ring (bicyclic) bond motifs is 3. The molecule has 0 N–H and O–H groups in total. The molecule has 4 heteroatoms. The summed E-state index contributed by atoms with van der Waals surface area (Å²) in [5.74, 6) is 0.298. The number of ether oxygens (including phenoxy) is 1. The quantitative estimate of drug-likeness (QED) is 0.444. The Hall–Kier alpha value is -3.14. The summed E-state index contributed by atoms with van der Waals surface area (Å²) in [5.41, 5.74) is 1.61. The van der Waals surface area contributed by atoms with Crippen LogP contribution in [0.2, 0.25) is 0 Å². The third kappa shape index (κ3) is 2.84. The highest BCUT2D eigenvalue weighted by Gasteiger charge is 2.23. The van der Waals surface area contributed by atoms with Crippen LogP contribution in [0.25, 0.3) is 33.0 Å². The Balaban J connectivity index is 2.00. The molecule has 4 rings (SSSR count). The number of hydrogen-bond donors (Lipinski definition) is 0. The Kier molecular flexibility index (Phi) is 3.76. The van der Waals surface area contributed by atoms with E-state index in [0.717, 1.165) is 27.2 Å². The van der Waals surface area contributed by atoms with Gasteiger partial charge in [0, 0.05) is 10.9 Å². The third-order valence-corrected chi connectivity index (χ3v) is 4.14. The zero-order valence-corrected chi connectivity index (χ0v) is 14.9. The lowest BCUT2D eigenvalue weighted by atomic mass is 9.98. The average molecular weight is 345 g/mol. The molecular weight excluding hydrogens is 326 g/mol. The van der Waals surface area contributed by atoms with Crippen molar-refractivity contribution in [1.29, 1.82) is 0 Å². The van der Waals surface area contributed by atoms with Gasteiger partial charge in [0.2, 0.25) is 0 Å². The van der Waals surface area contributed by atoms with Gasteiger partial charge in [-0.3, -0.25) is 0 Å². The Morgan fingerprint density at radius 2 is 1.58 bits per heavy atom. The summed E-state index contributed by atoms with van der Waals surface area (Å²) in [5, 5.41) is 6.75. The summed E-state index contributed by atoms with van der Waals surface area (Å²) in [4.78, 5) is 12.8. The molecule has 0 atom stereocenters. The fraction of sp³-hybridized carbons (Fsp3) is 0.182. The van der Waals surface area contributed by atoms with Gasteiger partial charge in [-0.2, -0.15) is 0 Å². The molecular formula is C22H19NO3. The summed E-state index contributed by atoms with van der Waals surface area (Å²) in [6.07, 6.45) is 0. The molecule has 0 radical (unpaired) electrons. The van der Waals surface area contributed by atoms with Gasteiger partial charge in [0.1, 0.15) is 11.1 Å². The van der Waals surface area contributed by atoms with Gasteiger partial charge in [0.15, 0.2) is 5.76 Å². The van der Waals surface area contributed by atoms with E-state index >= 15 is 0 Å². The van der Waals surface area contributed by atoms with Crippen LogP contribution in [-0.2, 0) is 4.74 Å². The van der Waals surface area contributed by atoms with E-state index in [1.54, 1.807) is 0 Å². The highest BCUT2D eigenvalue weighted by Crippen LogP contribution is 2.35. The molecule has 0 aliphatic heterocycles. The van der Waals surface area contributed by atoms with Gasteiger partial charge in [0.05, 0.1) is 10.9 Å². The van der Waals surface area contributed by atoms with Crippen molar-refractivity contribution in [2.45, 2.75) is 26.4 Å². The summed E-state index contributed by atoms with van der Waals surface area (Å²) in [6, 6.07) is 19.3. The number of aromatic nitrogens is 1. The van der Waals surface area contributed by atoms with E-state index < -0.39 is 5.60 Å². The normalized spacial score (nSPS) is 11.8. The van der Waals surface area contributed by atoms with Gasteiger partial charge in [0.25, 0.3) is 0 Å². The maximum absolute atomic E-state index is 12.8. The van der Waals surface area contributed by atoms with Crippen molar-refractivity contribution in [2.75, 3.05) is 0 Å². The zero-order valence-electron chi connectivity index (χ0n) is 14.9. The van der Waals surface area contributed by atoms with Gasteiger partial charge in [-0.25, -0.2) is 4.79 Å². The van der Waals surface area contributed by atoms with Crippen molar-refractivity contribution < 1.29 is 14.1 Å². The lowest BCUT2D eigenvalue weighted by Crippen LogP contribution is -2.24. The predicted molar refractivity (Wildman–Crippen MR) is 102 cm³/mol. The van der Waals surface area contributed by atoms with Crippen molar-refractivity contribution in [2.24, 2.45) is 0 Å². The van der Waals surface area contributed by atoms with Crippen molar-refractivity contribution in [1.82, 2.24) is 5.16 Å². The zero-order chi connectivity index (χ0) is 18.3. The highest BCUT2D eigenvalue weighted by atomic mass is 16.6. The Labute approximate surface area is 151 Å². The number of hydrogen-bond acceptors (Lipinski definition) is 4. The number of rotatable bonds is 2. The molecule has 130 valence electrons. The third-order valence-electron chi connectivity index (χ3n) is 4.14. The second-order valence-corrected chi connectivity index (χ2v) is 7.25. The monoisotopic (exact) mass is 345 g/mol. The summed E-state index contributed by atoms with van der Waals surface area (Å²) in [7, 11) is 0. The van der Waals surface area contributed by atoms with E-state index in [4.69, 9.17) is 9.26 Å². The van der Waals surface area contributed by atoms with Gasteiger partial charge < -0.3 is 9.26 Å². The molecule has 0 saturated heterocycles. The maximum Gasteiger partial charge on any atom is 0.339 e. The van der Waals surface area contributed by atoms with E-state index in [9.17, 15) is 4.79 Å². The first-order valence-electron chi connectivity index (χ1n) is 8.54. The molecule has 4 nitrogen and oxygen atoms in total. The fourth-order valence-corrected chi connectivity index (χ4v) is 3.07. The summed E-state index contributed by atoms with van der Waals surface area (Å²) < 4.78 is 11.3. The van der Waals surface area contributed by atoms with E-state index in [2.05, 4.69) is 5.16 Å². The van der Waals surface area contributed by atoms with E-state index in [-0.39, 0.29) is 5.97 Å². The van der Waals surface area contributed by atoms with Crippen LogP contribution in [0.4, 0.5) is 0 Å². The molecule has 0 bridgehead atoms. The Bertz CT molecular complexity index is 1100.